The molecule has 0 aliphatic heterocycles. The third kappa shape index (κ3) is 3.94. The van der Waals surface area contributed by atoms with Crippen molar-refractivity contribution < 1.29 is 23.5 Å². The Hall–Kier alpha value is -2.11. The van der Waals surface area contributed by atoms with Crippen molar-refractivity contribution in [2.24, 2.45) is 0 Å². The van der Waals surface area contributed by atoms with Gasteiger partial charge in [0.2, 0.25) is 0 Å². The van der Waals surface area contributed by atoms with Crippen molar-refractivity contribution >= 4 is 11.9 Å². The molecule has 20 heavy (non-hydrogen) atoms. The zero-order chi connectivity index (χ0) is 15.1. The van der Waals surface area contributed by atoms with Gasteiger partial charge in [-0.25, -0.2) is 4.39 Å². The topological polar surface area (TPSA) is 55.8 Å². The van der Waals surface area contributed by atoms with E-state index in [4.69, 9.17) is 9.47 Å². The van der Waals surface area contributed by atoms with E-state index in [0.29, 0.717) is 0 Å². The third-order valence-electron chi connectivity index (χ3n) is 2.71. The molecular formula is C14H18FNO4. The molecule has 0 aliphatic carbocycles. The highest BCUT2D eigenvalue weighted by Gasteiger charge is 2.21. The Kier molecular flexibility index (Phi) is 5.96. The average Bonchev–Trinajstić information content (AvgIpc) is 2.44. The van der Waals surface area contributed by atoms with Crippen molar-refractivity contribution in [3.63, 3.8) is 0 Å². The summed E-state index contributed by atoms with van der Waals surface area (Å²) >= 11 is 0. The van der Waals surface area contributed by atoms with Gasteiger partial charge in [-0.15, -0.1) is 0 Å². The van der Waals surface area contributed by atoms with Crippen LogP contribution >= 0.6 is 0 Å². The van der Waals surface area contributed by atoms with E-state index in [1.807, 2.05) is 0 Å². The maximum atomic E-state index is 13.7. The molecule has 0 atom stereocenters. The minimum absolute atomic E-state index is 0.0623. The van der Waals surface area contributed by atoms with Crippen LogP contribution in [0, 0.1) is 5.82 Å². The van der Waals surface area contributed by atoms with Gasteiger partial charge in [-0.2, -0.15) is 0 Å². The van der Waals surface area contributed by atoms with Gasteiger partial charge in [-0.3, -0.25) is 9.59 Å². The van der Waals surface area contributed by atoms with Gasteiger partial charge in [-0.05, 0) is 19.1 Å². The molecule has 1 amide bonds. The molecule has 0 saturated carbocycles. The molecule has 0 bridgehead atoms. The Labute approximate surface area is 117 Å². The molecule has 1 aromatic rings. The number of nitrogens with zero attached hydrogens (tertiary/aromatic N) is 1. The molecule has 0 saturated heterocycles. The zero-order valence-electron chi connectivity index (χ0n) is 11.8. The number of amides is 1. The molecule has 1 rings (SSSR count). The number of methoxy groups -OCH3 is 1. The number of benzene rings is 1. The van der Waals surface area contributed by atoms with Gasteiger partial charge in [0.15, 0.2) is 0 Å². The second-order valence-electron chi connectivity index (χ2n) is 4.10. The van der Waals surface area contributed by atoms with Crippen LogP contribution in [-0.2, 0) is 9.53 Å². The van der Waals surface area contributed by atoms with Crippen LogP contribution in [0.1, 0.15) is 23.7 Å². The van der Waals surface area contributed by atoms with Crippen molar-refractivity contribution in [1.29, 1.82) is 0 Å². The molecule has 0 unspecified atom stereocenters. The molecule has 0 radical (unpaired) electrons. The Bertz CT molecular complexity index is 490. The SMILES string of the molecule is CCOC(=O)CCN(C)C(=O)c1c(F)cccc1OC. The summed E-state index contributed by atoms with van der Waals surface area (Å²) in [7, 11) is 2.86. The van der Waals surface area contributed by atoms with Crippen molar-refractivity contribution in [2.75, 3.05) is 27.3 Å². The second kappa shape index (κ2) is 7.47. The van der Waals surface area contributed by atoms with E-state index < -0.39 is 17.7 Å². The first kappa shape index (κ1) is 15.9. The number of ether oxygens (including phenoxy) is 2. The fraction of sp³-hybridized carbons (Fsp3) is 0.429. The molecule has 1 aromatic carbocycles. The van der Waals surface area contributed by atoms with Gasteiger partial charge < -0.3 is 14.4 Å². The highest BCUT2D eigenvalue weighted by atomic mass is 19.1. The molecule has 110 valence electrons. The van der Waals surface area contributed by atoms with E-state index in [9.17, 15) is 14.0 Å². The highest BCUT2D eigenvalue weighted by Crippen LogP contribution is 2.22. The van der Waals surface area contributed by atoms with Gasteiger partial charge in [0.25, 0.3) is 5.91 Å². The van der Waals surface area contributed by atoms with E-state index in [-0.39, 0.29) is 30.9 Å². The lowest BCUT2D eigenvalue weighted by atomic mass is 10.1. The number of carbonyl (C=O) groups is 2. The Morgan fingerprint density at radius 1 is 1.35 bits per heavy atom. The number of hydrogen-bond acceptors (Lipinski definition) is 4. The number of halogens is 1. The Morgan fingerprint density at radius 2 is 2.05 bits per heavy atom. The molecule has 0 spiro atoms. The predicted octanol–water partition coefficient (Wildman–Crippen LogP) is 1.86. The number of esters is 1. The molecule has 6 heteroatoms. The summed E-state index contributed by atoms with van der Waals surface area (Å²) in [5.41, 5.74) is -0.138. The van der Waals surface area contributed by atoms with Crippen LogP contribution < -0.4 is 4.74 Å². The smallest absolute Gasteiger partial charge is 0.307 e. The van der Waals surface area contributed by atoms with Crippen LogP contribution in [-0.4, -0.2) is 44.1 Å². The molecule has 0 heterocycles. The van der Waals surface area contributed by atoms with Crippen LogP contribution in [0.4, 0.5) is 4.39 Å². The van der Waals surface area contributed by atoms with Crippen LogP contribution in [0.25, 0.3) is 0 Å². The molecule has 0 aliphatic rings. The van der Waals surface area contributed by atoms with E-state index in [1.165, 1.54) is 37.3 Å². The quantitative estimate of drug-likeness (QED) is 0.748. The zero-order valence-corrected chi connectivity index (χ0v) is 11.8. The summed E-state index contributed by atoms with van der Waals surface area (Å²) in [4.78, 5) is 24.7. The first-order chi connectivity index (χ1) is 9.51. The largest absolute Gasteiger partial charge is 0.496 e. The Balaban J connectivity index is 2.77. The first-order valence-electron chi connectivity index (χ1n) is 6.24. The predicted molar refractivity (Wildman–Crippen MR) is 71.2 cm³/mol. The van der Waals surface area contributed by atoms with Gasteiger partial charge in [0.1, 0.15) is 17.1 Å². The summed E-state index contributed by atoms with van der Waals surface area (Å²) in [5.74, 6) is -1.42. The summed E-state index contributed by atoms with van der Waals surface area (Å²) in [6, 6.07) is 4.16. The lowest BCUT2D eigenvalue weighted by molar-refractivity contribution is -0.143. The summed E-state index contributed by atoms with van der Waals surface area (Å²) in [6.07, 6.45) is 0.0623. The average molecular weight is 283 g/mol. The van der Waals surface area contributed by atoms with Crippen LogP contribution in [0.15, 0.2) is 18.2 Å². The molecule has 0 aromatic heterocycles. The fourth-order valence-electron chi connectivity index (χ4n) is 1.67. The highest BCUT2D eigenvalue weighted by molar-refractivity contribution is 5.97. The van der Waals surface area contributed by atoms with Crippen molar-refractivity contribution in [1.82, 2.24) is 4.90 Å². The van der Waals surface area contributed by atoms with Crippen LogP contribution in [0.5, 0.6) is 5.75 Å². The van der Waals surface area contributed by atoms with E-state index >= 15 is 0 Å². The molecular weight excluding hydrogens is 265 g/mol. The first-order valence-corrected chi connectivity index (χ1v) is 6.24. The lowest BCUT2D eigenvalue weighted by Crippen LogP contribution is -2.30. The molecule has 5 nitrogen and oxygen atoms in total. The van der Waals surface area contributed by atoms with E-state index in [0.717, 1.165) is 0 Å². The maximum absolute atomic E-state index is 13.7. The molecule has 0 fully saturated rings. The van der Waals surface area contributed by atoms with Crippen LogP contribution in [0.2, 0.25) is 0 Å². The van der Waals surface area contributed by atoms with Gasteiger partial charge in [0.05, 0.1) is 20.1 Å². The maximum Gasteiger partial charge on any atom is 0.307 e. The standard InChI is InChI=1S/C14H18FNO4/c1-4-20-12(17)8-9-16(2)14(18)13-10(15)6-5-7-11(13)19-3/h5-7H,4,8-9H2,1-3H3. The third-order valence-corrected chi connectivity index (χ3v) is 2.71. The van der Waals surface area contributed by atoms with Crippen molar-refractivity contribution in [2.45, 2.75) is 13.3 Å². The van der Waals surface area contributed by atoms with Crippen molar-refractivity contribution in [3.8, 4) is 5.75 Å². The monoisotopic (exact) mass is 283 g/mol. The molecule has 0 N–H and O–H groups in total. The van der Waals surface area contributed by atoms with E-state index in [2.05, 4.69) is 0 Å². The normalized spacial score (nSPS) is 10.0. The fourth-order valence-corrected chi connectivity index (χ4v) is 1.67. The van der Waals surface area contributed by atoms with Gasteiger partial charge >= 0.3 is 5.97 Å². The number of hydrogen-bond donors (Lipinski definition) is 0. The summed E-state index contributed by atoms with van der Waals surface area (Å²) < 4.78 is 23.5. The van der Waals surface area contributed by atoms with E-state index in [1.54, 1.807) is 6.92 Å². The minimum Gasteiger partial charge on any atom is -0.496 e. The summed E-state index contributed by atoms with van der Waals surface area (Å²) in [6.45, 7) is 2.14. The van der Waals surface area contributed by atoms with Gasteiger partial charge in [0, 0.05) is 13.6 Å². The Morgan fingerprint density at radius 3 is 2.65 bits per heavy atom. The number of carbonyl (C=O) groups excluding carboxylic acids is 2. The second-order valence-corrected chi connectivity index (χ2v) is 4.10. The van der Waals surface area contributed by atoms with Gasteiger partial charge in [-0.1, -0.05) is 6.07 Å². The number of rotatable bonds is 6. The van der Waals surface area contributed by atoms with Crippen LogP contribution in [0.3, 0.4) is 0 Å². The minimum atomic E-state index is -0.655. The lowest BCUT2D eigenvalue weighted by Gasteiger charge is -2.18. The van der Waals surface area contributed by atoms with Crippen molar-refractivity contribution in [3.05, 3.63) is 29.6 Å². The summed E-state index contributed by atoms with van der Waals surface area (Å²) in [5, 5.41) is 0.